The van der Waals surface area contributed by atoms with Gasteiger partial charge in [0.1, 0.15) is 6.61 Å². The summed E-state index contributed by atoms with van der Waals surface area (Å²) in [7, 11) is 0. The van der Waals surface area contributed by atoms with Crippen molar-refractivity contribution in [2.75, 3.05) is 13.2 Å². The van der Waals surface area contributed by atoms with Gasteiger partial charge in [-0.05, 0) is 44.0 Å². The van der Waals surface area contributed by atoms with Gasteiger partial charge in [0.05, 0.1) is 12.1 Å². The highest BCUT2D eigenvalue weighted by molar-refractivity contribution is 9.11. The van der Waals surface area contributed by atoms with Gasteiger partial charge in [-0.2, -0.15) is 0 Å². The molecule has 13 heavy (non-hydrogen) atoms. The average Bonchev–Trinajstić information content (AvgIpc) is 2.57. The van der Waals surface area contributed by atoms with E-state index in [1.807, 2.05) is 18.2 Å². The molecule has 68 valence electrons. The molecule has 2 rings (SSSR count). The molecule has 0 saturated heterocycles. The van der Waals surface area contributed by atoms with Crippen LogP contribution in [0.3, 0.4) is 0 Å². The summed E-state index contributed by atoms with van der Waals surface area (Å²) in [5, 5.41) is 0. The van der Waals surface area contributed by atoms with Gasteiger partial charge in [0.25, 0.3) is 0 Å². The fourth-order valence-corrected chi connectivity index (χ4v) is 2.53. The van der Waals surface area contributed by atoms with Crippen molar-refractivity contribution in [3.8, 4) is 0 Å². The first-order chi connectivity index (χ1) is 6.29. The second-order valence-electron chi connectivity index (χ2n) is 2.63. The molecule has 0 unspecified atom stereocenters. The molecule has 0 amide bonds. The van der Waals surface area contributed by atoms with E-state index in [9.17, 15) is 0 Å². The Balaban J connectivity index is 2.49. The van der Waals surface area contributed by atoms with E-state index in [-0.39, 0.29) is 0 Å². The van der Waals surface area contributed by atoms with Gasteiger partial charge in [0.15, 0.2) is 0 Å². The Bertz CT molecular complexity index is 342. The van der Waals surface area contributed by atoms with Crippen LogP contribution in [0.25, 0.3) is 0 Å². The summed E-state index contributed by atoms with van der Waals surface area (Å²) in [6, 6.07) is 5.92. The molecule has 1 aromatic carbocycles. The third kappa shape index (κ3) is 1.79. The molecule has 0 bridgehead atoms. The molecular formula is C9H7Br2NO. The van der Waals surface area contributed by atoms with Crippen molar-refractivity contribution in [2.45, 2.75) is 0 Å². The molecule has 0 fully saturated rings. The summed E-state index contributed by atoms with van der Waals surface area (Å²) in [4.78, 5) is 4.26. The number of benzene rings is 1. The quantitative estimate of drug-likeness (QED) is 0.781. The molecule has 0 aromatic heterocycles. The van der Waals surface area contributed by atoms with Crippen molar-refractivity contribution in [3.05, 3.63) is 32.7 Å². The van der Waals surface area contributed by atoms with E-state index < -0.39 is 0 Å². The molecule has 0 atom stereocenters. The molecule has 0 N–H and O–H groups in total. The maximum Gasteiger partial charge on any atom is 0.218 e. The normalized spacial score (nSPS) is 15.4. The predicted octanol–water partition coefficient (Wildman–Crippen LogP) is 2.99. The molecular weight excluding hydrogens is 298 g/mol. The molecule has 0 saturated carbocycles. The van der Waals surface area contributed by atoms with Gasteiger partial charge in [-0.1, -0.05) is 6.07 Å². The second-order valence-corrected chi connectivity index (χ2v) is 4.34. The van der Waals surface area contributed by atoms with E-state index in [4.69, 9.17) is 4.74 Å². The summed E-state index contributed by atoms with van der Waals surface area (Å²) in [5.41, 5.74) is 1.00. The van der Waals surface area contributed by atoms with Crippen molar-refractivity contribution in [3.63, 3.8) is 0 Å². The fourth-order valence-electron chi connectivity index (χ4n) is 1.19. The summed E-state index contributed by atoms with van der Waals surface area (Å²) < 4.78 is 7.40. The van der Waals surface area contributed by atoms with Crippen LogP contribution < -0.4 is 0 Å². The second kappa shape index (κ2) is 3.80. The largest absolute Gasteiger partial charge is 0.475 e. The number of halogens is 2. The first kappa shape index (κ1) is 9.21. The standard InChI is InChI=1S/C9H7Br2NO/c10-6-2-1-3-7(11)8(6)9-12-4-5-13-9/h1-3H,4-5H2. The van der Waals surface area contributed by atoms with E-state index >= 15 is 0 Å². The minimum Gasteiger partial charge on any atom is -0.475 e. The van der Waals surface area contributed by atoms with Crippen LogP contribution in [0.4, 0.5) is 0 Å². The van der Waals surface area contributed by atoms with Crippen LogP contribution in [-0.2, 0) is 4.74 Å². The van der Waals surface area contributed by atoms with Crippen molar-refractivity contribution >= 4 is 37.8 Å². The number of nitrogens with zero attached hydrogens (tertiary/aromatic N) is 1. The number of hydrogen-bond donors (Lipinski definition) is 0. The molecule has 0 radical (unpaired) electrons. The number of hydrogen-bond acceptors (Lipinski definition) is 2. The van der Waals surface area contributed by atoms with Gasteiger partial charge < -0.3 is 4.74 Å². The van der Waals surface area contributed by atoms with E-state index in [1.165, 1.54) is 0 Å². The molecule has 1 heterocycles. The Morgan fingerprint density at radius 2 is 1.92 bits per heavy atom. The van der Waals surface area contributed by atoms with Gasteiger partial charge in [-0.15, -0.1) is 0 Å². The smallest absolute Gasteiger partial charge is 0.218 e. The van der Waals surface area contributed by atoms with E-state index in [0.717, 1.165) is 27.0 Å². The van der Waals surface area contributed by atoms with E-state index in [0.29, 0.717) is 6.61 Å². The van der Waals surface area contributed by atoms with Crippen LogP contribution in [0, 0.1) is 0 Å². The number of rotatable bonds is 1. The zero-order valence-electron chi connectivity index (χ0n) is 6.76. The minimum atomic E-state index is 0.684. The Labute approximate surface area is 93.3 Å². The molecule has 2 nitrogen and oxygen atoms in total. The topological polar surface area (TPSA) is 21.6 Å². The van der Waals surface area contributed by atoms with Crippen molar-refractivity contribution in [1.29, 1.82) is 0 Å². The highest BCUT2D eigenvalue weighted by atomic mass is 79.9. The van der Waals surface area contributed by atoms with Crippen LogP contribution >= 0.6 is 31.9 Å². The molecule has 1 aliphatic heterocycles. The molecule has 0 aliphatic carbocycles. The third-order valence-electron chi connectivity index (χ3n) is 1.76. The molecule has 4 heteroatoms. The average molecular weight is 305 g/mol. The van der Waals surface area contributed by atoms with Crippen molar-refractivity contribution < 1.29 is 4.74 Å². The number of aliphatic imine (C=N–C) groups is 1. The van der Waals surface area contributed by atoms with Crippen LogP contribution in [0.1, 0.15) is 5.56 Å². The fraction of sp³-hybridized carbons (Fsp3) is 0.222. The Kier molecular flexibility index (Phi) is 2.69. The lowest BCUT2D eigenvalue weighted by Crippen LogP contribution is -2.02. The Morgan fingerprint density at radius 3 is 2.46 bits per heavy atom. The maximum atomic E-state index is 5.39. The van der Waals surface area contributed by atoms with Gasteiger partial charge in [-0.3, -0.25) is 0 Å². The van der Waals surface area contributed by atoms with E-state index in [2.05, 4.69) is 36.9 Å². The van der Waals surface area contributed by atoms with Crippen LogP contribution in [0.5, 0.6) is 0 Å². The van der Waals surface area contributed by atoms with Gasteiger partial charge in [0.2, 0.25) is 5.90 Å². The minimum absolute atomic E-state index is 0.684. The molecule has 1 aliphatic rings. The SMILES string of the molecule is Brc1cccc(Br)c1C1=NCCO1. The lowest BCUT2D eigenvalue weighted by Gasteiger charge is -2.06. The van der Waals surface area contributed by atoms with Crippen LogP contribution in [0.15, 0.2) is 32.1 Å². The lowest BCUT2D eigenvalue weighted by molar-refractivity contribution is 0.348. The highest BCUT2D eigenvalue weighted by Gasteiger charge is 2.16. The Hall–Kier alpha value is -0.350. The summed E-state index contributed by atoms with van der Waals surface area (Å²) in [5.74, 6) is 0.722. The predicted molar refractivity (Wildman–Crippen MR) is 59.2 cm³/mol. The summed E-state index contributed by atoms with van der Waals surface area (Å²) >= 11 is 6.93. The summed E-state index contributed by atoms with van der Waals surface area (Å²) in [6.07, 6.45) is 0. The zero-order valence-corrected chi connectivity index (χ0v) is 9.93. The van der Waals surface area contributed by atoms with Gasteiger partial charge in [-0.25, -0.2) is 4.99 Å². The third-order valence-corrected chi connectivity index (χ3v) is 3.08. The maximum absolute atomic E-state index is 5.39. The Morgan fingerprint density at radius 1 is 1.23 bits per heavy atom. The van der Waals surface area contributed by atoms with Gasteiger partial charge >= 0.3 is 0 Å². The molecule has 1 aromatic rings. The summed E-state index contributed by atoms with van der Waals surface area (Å²) in [6.45, 7) is 1.44. The monoisotopic (exact) mass is 303 g/mol. The zero-order chi connectivity index (χ0) is 9.26. The van der Waals surface area contributed by atoms with Crippen LogP contribution in [0.2, 0.25) is 0 Å². The number of ether oxygens (including phenoxy) is 1. The van der Waals surface area contributed by atoms with Crippen LogP contribution in [-0.4, -0.2) is 19.0 Å². The lowest BCUT2D eigenvalue weighted by atomic mass is 10.2. The van der Waals surface area contributed by atoms with Gasteiger partial charge in [0, 0.05) is 8.95 Å². The van der Waals surface area contributed by atoms with Crippen molar-refractivity contribution in [1.82, 2.24) is 0 Å². The molecule has 0 spiro atoms. The first-order valence-corrected chi connectivity index (χ1v) is 5.49. The highest BCUT2D eigenvalue weighted by Crippen LogP contribution is 2.27. The van der Waals surface area contributed by atoms with E-state index in [1.54, 1.807) is 0 Å². The van der Waals surface area contributed by atoms with Crippen molar-refractivity contribution in [2.24, 2.45) is 4.99 Å². The first-order valence-electron chi connectivity index (χ1n) is 3.90.